The Morgan fingerprint density at radius 1 is 1.21 bits per heavy atom. The lowest BCUT2D eigenvalue weighted by Gasteiger charge is -2.28. The van der Waals surface area contributed by atoms with Crippen molar-refractivity contribution in [2.75, 3.05) is 7.05 Å². The van der Waals surface area contributed by atoms with Crippen LogP contribution < -0.4 is 0 Å². The molecule has 19 heavy (non-hydrogen) atoms. The van der Waals surface area contributed by atoms with Gasteiger partial charge in [-0.15, -0.1) is 0 Å². The molecule has 4 nitrogen and oxygen atoms in total. The fourth-order valence-corrected chi connectivity index (χ4v) is 1.77. The van der Waals surface area contributed by atoms with Crippen LogP contribution in [0.2, 0.25) is 0 Å². The van der Waals surface area contributed by atoms with E-state index in [1.165, 1.54) is 0 Å². The van der Waals surface area contributed by atoms with E-state index in [0.29, 0.717) is 6.54 Å². The van der Waals surface area contributed by atoms with E-state index in [-0.39, 0.29) is 16.9 Å². The molecule has 0 saturated heterocycles. The summed E-state index contributed by atoms with van der Waals surface area (Å²) >= 11 is 0. The fraction of sp³-hybridized carbons (Fsp3) is 0.467. The first-order valence-corrected chi connectivity index (χ1v) is 6.35. The highest BCUT2D eigenvalue weighted by Crippen LogP contribution is 2.23. The van der Waals surface area contributed by atoms with Gasteiger partial charge in [0.1, 0.15) is 0 Å². The lowest BCUT2D eigenvalue weighted by Crippen LogP contribution is -2.37. The molecule has 1 N–H and O–H groups in total. The normalized spacial score (nSPS) is 11.2. The van der Waals surface area contributed by atoms with Crippen molar-refractivity contribution in [3.63, 3.8) is 0 Å². The van der Waals surface area contributed by atoms with Crippen molar-refractivity contribution in [3.05, 3.63) is 35.4 Å². The van der Waals surface area contributed by atoms with Gasteiger partial charge in [-0.2, -0.15) is 0 Å². The highest BCUT2D eigenvalue weighted by atomic mass is 16.4. The van der Waals surface area contributed by atoms with Crippen LogP contribution in [0, 0.1) is 5.41 Å². The molecule has 0 atom stereocenters. The van der Waals surface area contributed by atoms with E-state index in [4.69, 9.17) is 5.11 Å². The second-order valence-corrected chi connectivity index (χ2v) is 5.40. The van der Waals surface area contributed by atoms with Crippen molar-refractivity contribution in [1.82, 2.24) is 4.90 Å². The summed E-state index contributed by atoms with van der Waals surface area (Å²) in [4.78, 5) is 24.6. The molecule has 0 aliphatic rings. The smallest absolute Gasteiger partial charge is 0.335 e. The molecule has 0 saturated carbocycles. The van der Waals surface area contributed by atoms with Crippen molar-refractivity contribution in [1.29, 1.82) is 0 Å². The number of carbonyl (C=O) groups excluding carboxylic acids is 1. The summed E-state index contributed by atoms with van der Waals surface area (Å²) in [6, 6.07) is 6.60. The molecule has 0 aliphatic heterocycles. The maximum absolute atomic E-state index is 12.2. The zero-order chi connectivity index (χ0) is 14.6. The SMILES string of the molecule is CCC(C)(C)C(=O)N(C)Cc1ccc(C(=O)O)cc1. The number of hydrogen-bond acceptors (Lipinski definition) is 2. The third kappa shape index (κ3) is 3.81. The van der Waals surface area contributed by atoms with Crippen LogP contribution in [0.25, 0.3) is 0 Å². The molecule has 0 fully saturated rings. The van der Waals surface area contributed by atoms with Gasteiger partial charge in [-0.3, -0.25) is 4.79 Å². The van der Waals surface area contributed by atoms with Gasteiger partial charge >= 0.3 is 5.97 Å². The third-order valence-corrected chi connectivity index (χ3v) is 3.43. The van der Waals surface area contributed by atoms with Gasteiger partial charge in [0.2, 0.25) is 5.91 Å². The minimum atomic E-state index is -0.942. The molecule has 104 valence electrons. The number of hydrogen-bond donors (Lipinski definition) is 1. The van der Waals surface area contributed by atoms with E-state index >= 15 is 0 Å². The molecular weight excluding hydrogens is 242 g/mol. The summed E-state index contributed by atoms with van der Waals surface area (Å²) in [7, 11) is 1.77. The molecule has 0 bridgehead atoms. The summed E-state index contributed by atoms with van der Waals surface area (Å²) < 4.78 is 0. The summed E-state index contributed by atoms with van der Waals surface area (Å²) in [6.07, 6.45) is 0.786. The predicted molar refractivity (Wildman–Crippen MR) is 73.9 cm³/mol. The van der Waals surface area contributed by atoms with Crippen LogP contribution in [0.4, 0.5) is 0 Å². The standard InChI is InChI=1S/C15H21NO3/c1-5-15(2,3)14(19)16(4)10-11-6-8-12(9-7-11)13(17)18/h6-9H,5,10H2,1-4H3,(H,17,18). The second-order valence-electron chi connectivity index (χ2n) is 5.40. The highest BCUT2D eigenvalue weighted by molar-refractivity contribution is 5.87. The maximum atomic E-state index is 12.2. The van der Waals surface area contributed by atoms with Gasteiger partial charge in [-0.05, 0) is 24.1 Å². The van der Waals surface area contributed by atoms with Gasteiger partial charge < -0.3 is 10.0 Å². The number of carboxylic acids is 1. The van der Waals surface area contributed by atoms with Gasteiger partial charge in [-0.25, -0.2) is 4.79 Å². The minimum absolute atomic E-state index is 0.0947. The summed E-state index contributed by atoms with van der Waals surface area (Å²) in [5.41, 5.74) is 0.815. The molecule has 0 heterocycles. The Balaban J connectivity index is 2.74. The molecule has 1 amide bonds. The van der Waals surface area contributed by atoms with Crippen LogP contribution in [0.5, 0.6) is 0 Å². The Bertz CT molecular complexity index is 463. The molecule has 0 spiro atoms. The average molecular weight is 263 g/mol. The van der Waals surface area contributed by atoms with E-state index in [9.17, 15) is 9.59 Å². The van der Waals surface area contributed by atoms with Crippen molar-refractivity contribution in [2.24, 2.45) is 5.41 Å². The number of carbonyl (C=O) groups is 2. The predicted octanol–water partition coefficient (Wildman–Crippen LogP) is 2.78. The fourth-order valence-electron chi connectivity index (χ4n) is 1.77. The number of nitrogens with zero attached hydrogens (tertiary/aromatic N) is 1. The van der Waals surface area contributed by atoms with Gasteiger partial charge in [0, 0.05) is 19.0 Å². The van der Waals surface area contributed by atoms with Crippen molar-refractivity contribution in [3.8, 4) is 0 Å². The highest BCUT2D eigenvalue weighted by Gasteiger charge is 2.28. The van der Waals surface area contributed by atoms with Crippen LogP contribution in [-0.2, 0) is 11.3 Å². The quantitative estimate of drug-likeness (QED) is 0.888. The third-order valence-electron chi connectivity index (χ3n) is 3.43. The van der Waals surface area contributed by atoms with Crippen molar-refractivity contribution < 1.29 is 14.7 Å². The van der Waals surface area contributed by atoms with Gasteiger partial charge in [0.15, 0.2) is 0 Å². The lowest BCUT2D eigenvalue weighted by atomic mass is 9.88. The first kappa shape index (κ1) is 15.2. The summed E-state index contributed by atoms with van der Waals surface area (Å²) in [6.45, 7) is 6.34. The van der Waals surface area contributed by atoms with E-state index in [1.807, 2.05) is 20.8 Å². The molecule has 1 aromatic carbocycles. The molecule has 0 radical (unpaired) electrons. The van der Waals surface area contributed by atoms with Crippen molar-refractivity contribution in [2.45, 2.75) is 33.7 Å². The monoisotopic (exact) mass is 263 g/mol. The Labute approximate surface area is 114 Å². The number of rotatable bonds is 5. The molecule has 0 aliphatic carbocycles. The second kappa shape index (κ2) is 5.87. The molecular formula is C15H21NO3. The molecule has 1 aromatic rings. The summed E-state index contributed by atoms with van der Waals surface area (Å²) in [5.74, 6) is -0.847. The van der Waals surface area contributed by atoms with Crippen LogP contribution in [-0.4, -0.2) is 28.9 Å². The summed E-state index contributed by atoms with van der Waals surface area (Å²) in [5, 5.41) is 8.82. The van der Waals surface area contributed by atoms with Crippen LogP contribution >= 0.6 is 0 Å². The van der Waals surface area contributed by atoms with E-state index in [2.05, 4.69) is 0 Å². The molecule has 0 unspecified atom stereocenters. The maximum Gasteiger partial charge on any atom is 0.335 e. The van der Waals surface area contributed by atoms with E-state index < -0.39 is 5.97 Å². The number of amides is 1. The zero-order valence-corrected chi connectivity index (χ0v) is 11.9. The van der Waals surface area contributed by atoms with E-state index in [1.54, 1.807) is 36.2 Å². The Hall–Kier alpha value is -1.84. The molecule has 4 heteroatoms. The van der Waals surface area contributed by atoms with Gasteiger partial charge in [0.25, 0.3) is 0 Å². The van der Waals surface area contributed by atoms with Gasteiger partial charge in [0.05, 0.1) is 5.56 Å². The largest absolute Gasteiger partial charge is 0.478 e. The van der Waals surface area contributed by atoms with Crippen molar-refractivity contribution >= 4 is 11.9 Å². The Morgan fingerprint density at radius 3 is 2.16 bits per heavy atom. The molecule has 0 aromatic heterocycles. The number of aromatic carboxylic acids is 1. The molecule has 1 rings (SSSR count). The van der Waals surface area contributed by atoms with Crippen LogP contribution in [0.15, 0.2) is 24.3 Å². The Kier molecular flexibility index (Phi) is 4.70. The zero-order valence-electron chi connectivity index (χ0n) is 11.9. The van der Waals surface area contributed by atoms with E-state index in [0.717, 1.165) is 12.0 Å². The Morgan fingerprint density at radius 2 is 1.74 bits per heavy atom. The van der Waals surface area contributed by atoms with Gasteiger partial charge in [-0.1, -0.05) is 32.9 Å². The first-order valence-electron chi connectivity index (χ1n) is 6.35. The number of carboxylic acid groups (broad SMARTS) is 1. The minimum Gasteiger partial charge on any atom is -0.478 e. The van der Waals surface area contributed by atoms with Crippen LogP contribution in [0.1, 0.15) is 43.1 Å². The average Bonchev–Trinajstić information content (AvgIpc) is 2.38. The van der Waals surface area contributed by atoms with Crippen LogP contribution in [0.3, 0.4) is 0 Å². The first-order chi connectivity index (χ1) is 8.77. The number of benzene rings is 1. The topological polar surface area (TPSA) is 57.6 Å². The lowest BCUT2D eigenvalue weighted by molar-refractivity contribution is -0.139.